The van der Waals surface area contributed by atoms with Crippen LogP contribution in [0.25, 0.3) is 11.4 Å². The molecule has 0 bridgehead atoms. The fraction of sp³-hybridized carbons (Fsp3) is 0.444. The highest BCUT2D eigenvalue weighted by atomic mass is 35.5. The lowest BCUT2D eigenvalue weighted by molar-refractivity contribution is -0.159. The molecule has 3 heterocycles. The molecule has 0 unspecified atom stereocenters. The van der Waals surface area contributed by atoms with Crippen molar-refractivity contribution in [3.63, 3.8) is 0 Å². The van der Waals surface area contributed by atoms with Gasteiger partial charge in [0.1, 0.15) is 5.88 Å². The third-order valence-corrected chi connectivity index (χ3v) is 5.31. The van der Waals surface area contributed by atoms with Gasteiger partial charge in [-0.25, -0.2) is 0 Å². The quantitative estimate of drug-likeness (QED) is 0.726. The molecule has 2 aliphatic heterocycles. The smallest absolute Gasteiger partial charge is 0.379 e. The minimum atomic E-state index is -4.75. The SMILES string of the molecule is O=C(CCl)N[C@H]1CCOC[C@@H]1N1Cc2ccc(-c3noc(C(F)(F)F)n3)cc2C1=O. The van der Waals surface area contributed by atoms with Crippen LogP contribution in [0.3, 0.4) is 0 Å². The molecule has 1 aromatic carbocycles. The van der Waals surface area contributed by atoms with E-state index in [9.17, 15) is 22.8 Å². The molecule has 12 heteroatoms. The third kappa shape index (κ3) is 3.86. The monoisotopic (exact) mass is 444 g/mol. The Bertz CT molecular complexity index is 981. The number of carbonyl (C=O) groups excluding carboxylic acids is 2. The molecule has 0 radical (unpaired) electrons. The second-order valence-corrected chi connectivity index (χ2v) is 7.23. The fourth-order valence-corrected chi connectivity index (χ4v) is 3.71. The Labute approximate surface area is 173 Å². The maximum absolute atomic E-state index is 13.0. The van der Waals surface area contributed by atoms with Gasteiger partial charge in [-0.05, 0) is 18.1 Å². The first-order valence-electron chi connectivity index (χ1n) is 9.06. The summed E-state index contributed by atoms with van der Waals surface area (Å²) >= 11 is 5.57. The molecule has 160 valence electrons. The van der Waals surface area contributed by atoms with Crippen molar-refractivity contribution >= 4 is 23.4 Å². The van der Waals surface area contributed by atoms with Gasteiger partial charge in [0.15, 0.2) is 0 Å². The molecule has 0 saturated carbocycles. The number of carbonyl (C=O) groups is 2. The Morgan fingerprint density at radius 2 is 2.17 bits per heavy atom. The highest BCUT2D eigenvalue weighted by Crippen LogP contribution is 2.33. The van der Waals surface area contributed by atoms with Gasteiger partial charge in [-0.1, -0.05) is 17.3 Å². The van der Waals surface area contributed by atoms with Crippen LogP contribution in [0.2, 0.25) is 0 Å². The standard InChI is InChI=1S/C18H16ClF3N4O4/c19-6-14(27)23-12-3-4-29-8-13(12)26-7-10-2-1-9(5-11(10)16(26)28)15-24-17(30-25-15)18(20,21)22/h1-2,5,12-13H,3-4,6-8H2,(H,23,27)/t12-,13-/m0/s1. The van der Waals surface area contributed by atoms with Gasteiger partial charge in [-0.15, -0.1) is 11.6 Å². The number of hydrogen-bond acceptors (Lipinski definition) is 6. The van der Waals surface area contributed by atoms with E-state index >= 15 is 0 Å². The summed E-state index contributed by atoms with van der Waals surface area (Å²) in [7, 11) is 0. The van der Waals surface area contributed by atoms with Gasteiger partial charge >= 0.3 is 12.1 Å². The molecular formula is C18H16ClF3N4O4. The largest absolute Gasteiger partial charge is 0.471 e. The second-order valence-electron chi connectivity index (χ2n) is 6.96. The first kappa shape index (κ1) is 20.6. The molecular weight excluding hydrogens is 429 g/mol. The molecule has 4 rings (SSSR count). The lowest BCUT2D eigenvalue weighted by atomic mass is 10.0. The molecule has 1 aromatic heterocycles. The van der Waals surface area contributed by atoms with Gasteiger partial charge in [-0.2, -0.15) is 18.2 Å². The summed E-state index contributed by atoms with van der Waals surface area (Å²) in [6, 6.07) is 3.91. The fourth-order valence-electron chi connectivity index (χ4n) is 3.63. The Balaban J connectivity index is 1.57. The number of alkyl halides is 4. The van der Waals surface area contributed by atoms with Crippen LogP contribution >= 0.6 is 11.6 Å². The van der Waals surface area contributed by atoms with Crippen LogP contribution in [0.15, 0.2) is 22.7 Å². The number of fused-ring (bicyclic) bond motifs is 1. The van der Waals surface area contributed by atoms with Crippen molar-refractivity contribution in [1.29, 1.82) is 0 Å². The Morgan fingerprint density at radius 1 is 1.37 bits per heavy atom. The van der Waals surface area contributed by atoms with E-state index < -0.39 is 18.1 Å². The molecule has 0 spiro atoms. The molecule has 2 aromatic rings. The summed E-state index contributed by atoms with van der Waals surface area (Å²) in [6.07, 6.45) is -4.22. The summed E-state index contributed by atoms with van der Waals surface area (Å²) in [4.78, 5) is 29.7. The van der Waals surface area contributed by atoms with Crippen LogP contribution in [-0.4, -0.2) is 58.0 Å². The number of amides is 2. The summed E-state index contributed by atoms with van der Waals surface area (Å²) in [5.74, 6) is -2.55. The molecule has 1 fully saturated rings. The average Bonchev–Trinajstić information content (AvgIpc) is 3.34. The lowest BCUT2D eigenvalue weighted by Crippen LogP contribution is -2.56. The summed E-state index contributed by atoms with van der Waals surface area (Å²) < 4.78 is 47.9. The maximum atomic E-state index is 13.0. The number of ether oxygens (including phenoxy) is 1. The predicted octanol–water partition coefficient (Wildman–Crippen LogP) is 2.22. The highest BCUT2D eigenvalue weighted by molar-refractivity contribution is 6.27. The van der Waals surface area contributed by atoms with E-state index in [1.165, 1.54) is 12.1 Å². The minimum absolute atomic E-state index is 0.188. The van der Waals surface area contributed by atoms with Gasteiger partial charge in [0.2, 0.25) is 11.7 Å². The number of benzene rings is 1. The van der Waals surface area contributed by atoms with E-state index in [1.807, 2.05) is 0 Å². The topological polar surface area (TPSA) is 97.6 Å². The molecule has 30 heavy (non-hydrogen) atoms. The molecule has 0 aliphatic carbocycles. The van der Waals surface area contributed by atoms with E-state index in [4.69, 9.17) is 16.3 Å². The second kappa shape index (κ2) is 7.88. The highest BCUT2D eigenvalue weighted by Gasteiger charge is 2.40. The predicted molar refractivity (Wildman–Crippen MR) is 96.5 cm³/mol. The van der Waals surface area contributed by atoms with Gasteiger partial charge in [0, 0.05) is 24.3 Å². The zero-order chi connectivity index (χ0) is 21.5. The Morgan fingerprint density at radius 3 is 2.87 bits per heavy atom. The lowest BCUT2D eigenvalue weighted by Gasteiger charge is -2.37. The number of halogens is 4. The minimum Gasteiger partial charge on any atom is -0.379 e. The van der Waals surface area contributed by atoms with Crippen LogP contribution in [0.5, 0.6) is 0 Å². The van der Waals surface area contributed by atoms with Gasteiger partial charge in [0.25, 0.3) is 5.91 Å². The van der Waals surface area contributed by atoms with Crippen LogP contribution in [0.4, 0.5) is 13.2 Å². The van der Waals surface area contributed by atoms with Crippen molar-refractivity contribution in [1.82, 2.24) is 20.4 Å². The van der Waals surface area contributed by atoms with Crippen LogP contribution in [-0.2, 0) is 22.3 Å². The Hall–Kier alpha value is -2.66. The number of nitrogens with one attached hydrogen (secondary N) is 1. The molecule has 8 nitrogen and oxygen atoms in total. The molecule has 2 amide bonds. The number of nitrogens with zero attached hydrogens (tertiary/aromatic N) is 3. The first-order chi connectivity index (χ1) is 14.3. The maximum Gasteiger partial charge on any atom is 0.471 e. The van der Waals surface area contributed by atoms with Crippen molar-refractivity contribution in [2.75, 3.05) is 19.1 Å². The van der Waals surface area contributed by atoms with Crippen molar-refractivity contribution in [3.8, 4) is 11.4 Å². The third-order valence-electron chi connectivity index (χ3n) is 5.06. The summed E-state index contributed by atoms with van der Waals surface area (Å²) in [5, 5.41) is 6.17. The summed E-state index contributed by atoms with van der Waals surface area (Å²) in [5.41, 5.74) is 1.27. The average molecular weight is 445 g/mol. The van der Waals surface area contributed by atoms with Crippen molar-refractivity contribution in [2.24, 2.45) is 0 Å². The van der Waals surface area contributed by atoms with Crippen LogP contribution < -0.4 is 5.32 Å². The van der Waals surface area contributed by atoms with Gasteiger partial charge in [0.05, 0.1) is 18.7 Å². The van der Waals surface area contributed by atoms with E-state index in [0.29, 0.717) is 24.2 Å². The van der Waals surface area contributed by atoms with Gasteiger partial charge in [-0.3, -0.25) is 9.59 Å². The van der Waals surface area contributed by atoms with Gasteiger partial charge < -0.3 is 19.5 Å². The van der Waals surface area contributed by atoms with Crippen molar-refractivity contribution in [2.45, 2.75) is 31.2 Å². The summed E-state index contributed by atoms with van der Waals surface area (Å²) in [6.45, 7) is 0.984. The number of rotatable bonds is 4. The number of aromatic nitrogens is 2. The zero-order valence-corrected chi connectivity index (χ0v) is 16.2. The van der Waals surface area contributed by atoms with Crippen LogP contribution in [0.1, 0.15) is 28.2 Å². The number of hydrogen-bond donors (Lipinski definition) is 1. The zero-order valence-electron chi connectivity index (χ0n) is 15.4. The van der Waals surface area contributed by atoms with Crippen molar-refractivity contribution in [3.05, 3.63) is 35.2 Å². The van der Waals surface area contributed by atoms with E-state index in [1.54, 1.807) is 11.0 Å². The molecule has 2 aliphatic rings. The van der Waals surface area contributed by atoms with E-state index in [-0.39, 0.29) is 48.3 Å². The molecule has 1 saturated heterocycles. The van der Waals surface area contributed by atoms with E-state index in [0.717, 1.165) is 0 Å². The normalized spacial score (nSPS) is 21.6. The first-order valence-corrected chi connectivity index (χ1v) is 9.59. The molecule has 1 N–H and O–H groups in total. The van der Waals surface area contributed by atoms with Crippen molar-refractivity contribution < 1.29 is 32.0 Å². The van der Waals surface area contributed by atoms with E-state index in [2.05, 4.69) is 20.0 Å². The van der Waals surface area contributed by atoms with Crippen LogP contribution in [0, 0.1) is 0 Å². The molecule has 2 atom stereocenters. The Kier molecular flexibility index (Phi) is 5.41.